The van der Waals surface area contributed by atoms with Gasteiger partial charge >= 0.3 is 5.69 Å². The number of nitrogens with one attached hydrogen (secondary N) is 1. The summed E-state index contributed by atoms with van der Waals surface area (Å²) in [6, 6.07) is 4.65. The fraction of sp³-hybridized carbons (Fsp3) is 0.200. The van der Waals surface area contributed by atoms with Crippen molar-refractivity contribution in [2.45, 2.75) is 6.54 Å². The zero-order valence-electron chi connectivity index (χ0n) is 8.24. The van der Waals surface area contributed by atoms with Crippen molar-refractivity contribution in [2.75, 3.05) is 6.61 Å². The Morgan fingerprint density at radius 3 is 2.81 bits per heavy atom. The van der Waals surface area contributed by atoms with E-state index in [9.17, 15) is 9.59 Å². The number of aliphatic hydroxyl groups excluding tert-OH is 1. The standard InChI is InChI=1S/C10H9ClN2O3/c11-6-1-2-7-8(5-6)13(3-4-14)10(16)12-9(7)15/h1-2,5,14H,3-4H2,(H,12,15,16). The maximum Gasteiger partial charge on any atom is 0.328 e. The second kappa shape index (κ2) is 4.11. The highest BCUT2D eigenvalue weighted by Crippen LogP contribution is 2.14. The smallest absolute Gasteiger partial charge is 0.328 e. The van der Waals surface area contributed by atoms with E-state index in [2.05, 4.69) is 4.98 Å². The van der Waals surface area contributed by atoms with Gasteiger partial charge in [-0.25, -0.2) is 4.79 Å². The molecule has 0 aliphatic carbocycles. The first-order valence-electron chi connectivity index (χ1n) is 4.66. The third-order valence-electron chi connectivity index (χ3n) is 2.28. The zero-order valence-corrected chi connectivity index (χ0v) is 8.99. The number of aliphatic hydroxyl groups is 1. The Morgan fingerprint density at radius 1 is 1.38 bits per heavy atom. The molecule has 1 aromatic heterocycles. The van der Waals surface area contributed by atoms with Gasteiger partial charge in [-0.05, 0) is 18.2 Å². The van der Waals surface area contributed by atoms with Crippen molar-refractivity contribution in [1.29, 1.82) is 0 Å². The van der Waals surface area contributed by atoms with Crippen LogP contribution in [0.25, 0.3) is 10.9 Å². The molecular weight excluding hydrogens is 232 g/mol. The average Bonchev–Trinajstić information content (AvgIpc) is 2.23. The molecule has 0 saturated heterocycles. The van der Waals surface area contributed by atoms with E-state index in [1.54, 1.807) is 12.1 Å². The van der Waals surface area contributed by atoms with E-state index in [4.69, 9.17) is 16.7 Å². The molecule has 0 radical (unpaired) electrons. The van der Waals surface area contributed by atoms with Crippen LogP contribution < -0.4 is 11.2 Å². The predicted octanol–water partition coefficient (Wildman–Crippen LogP) is 0.336. The van der Waals surface area contributed by atoms with Crippen LogP contribution in [-0.2, 0) is 6.54 Å². The van der Waals surface area contributed by atoms with Crippen LogP contribution >= 0.6 is 11.6 Å². The zero-order chi connectivity index (χ0) is 11.7. The van der Waals surface area contributed by atoms with Crippen molar-refractivity contribution in [1.82, 2.24) is 9.55 Å². The summed E-state index contributed by atoms with van der Waals surface area (Å²) >= 11 is 5.81. The third kappa shape index (κ3) is 1.75. The van der Waals surface area contributed by atoms with E-state index in [0.717, 1.165) is 0 Å². The summed E-state index contributed by atoms with van der Waals surface area (Å²) in [6.45, 7) is -0.0694. The van der Waals surface area contributed by atoms with Gasteiger partial charge in [-0.1, -0.05) is 11.6 Å². The van der Waals surface area contributed by atoms with Crippen LogP contribution in [0.3, 0.4) is 0 Å². The van der Waals surface area contributed by atoms with Gasteiger partial charge in [0.25, 0.3) is 5.56 Å². The average molecular weight is 241 g/mol. The van der Waals surface area contributed by atoms with E-state index in [1.807, 2.05) is 0 Å². The van der Waals surface area contributed by atoms with E-state index in [-0.39, 0.29) is 13.2 Å². The van der Waals surface area contributed by atoms with Gasteiger partial charge in [0.1, 0.15) is 0 Å². The van der Waals surface area contributed by atoms with E-state index >= 15 is 0 Å². The Labute approximate surface area is 94.9 Å². The van der Waals surface area contributed by atoms with Crippen molar-refractivity contribution in [3.05, 3.63) is 44.1 Å². The molecule has 16 heavy (non-hydrogen) atoms. The summed E-state index contributed by atoms with van der Waals surface area (Å²) < 4.78 is 1.28. The molecule has 0 amide bonds. The number of aromatic amines is 1. The van der Waals surface area contributed by atoms with Crippen LogP contribution in [0.2, 0.25) is 5.02 Å². The number of fused-ring (bicyclic) bond motifs is 1. The molecule has 1 heterocycles. The van der Waals surface area contributed by atoms with Crippen LogP contribution in [-0.4, -0.2) is 21.3 Å². The van der Waals surface area contributed by atoms with Gasteiger partial charge in [-0.2, -0.15) is 0 Å². The minimum Gasteiger partial charge on any atom is -0.395 e. The molecule has 5 nitrogen and oxygen atoms in total. The van der Waals surface area contributed by atoms with E-state index in [1.165, 1.54) is 10.6 Å². The molecule has 0 atom stereocenters. The molecule has 2 N–H and O–H groups in total. The van der Waals surface area contributed by atoms with Crippen LogP contribution in [0, 0.1) is 0 Å². The van der Waals surface area contributed by atoms with E-state index in [0.29, 0.717) is 15.9 Å². The molecule has 6 heteroatoms. The molecule has 0 spiro atoms. The molecular formula is C10H9ClN2O3. The highest BCUT2D eigenvalue weighted by atomic mass is 35.5. The van der Waals surface area contributed by atoms with Crippen LogP contribution in [0.15, 0.2) is 27.8 Å². The number of aromatic nitrogens is 2. The van der Waals surface area contributed by atoms with Crippen molar-refractivity contribution >= 4 is 22.5 Å². The molecule has 2 aromatic rings. The van der Waals surface area contributed by atoms with Gasteiger partial charge in [-0.15, -0.1) is 0 Å². The van der Waals surface area contributed by atoms with Gasteiger partial charge in [0.15, 0.2) is 0 Å². The van der Waals surface area contributed by atoms with E-state index < -0.39 is 11.2 Å². The molecule has 0 unspecified atom stereocenters. The van der Waals surface area contributed by atoms with Gasteiger partial charge < -0.3 is 5.11 Å². The normalized spacial score (nSPS) is 10.9. The van der Waals surface area contributed by atoms with Crippen molar-refractivity contribution < 1.29 is 5.11 Å². The Morgan fingerprint density at radius 2 is 2.12 bits per heavy atom. The first kappa shape index (κ1) is 10.9. The Hall–Kier alpha value is -1.59. The predicted molar refractivity (Wildman–Crippen MR) is 60.9 cm³/mol. The summed E-state index contributed by atoms with van der Waals surface area (Å²) in [5.74, 6) is 0. The number of H-pyrrole nitrogens is 1. The summed E-state index contributed by atoms with van der Waals surface area (Å²) in [4.78, 5) is 25.2. The first-order valence-corrected chi connectivity index (χ1v) is 5.04. The molecule has 0 aliphatic rings. The number of nitrogens with zero attached hydrogens (tertiary/aromatic N) is 1. The lowest BCUT2D eigenvalue weighted by Crippen LogP contribution is -2.31. The van der Waals surface area contributed by atoms with Crippen molar-refractivity contribution in [3.8, 4) is 0 Å². The molecule has 84 valence electrons. The maximum atomic E-state index is 11.5. The summed E-state index contributed by atoms with van der Waals surface area (Å²) in [6.07, 6.45) is 0. The molecule has 0 saturated carbocycles. The van der Waals surface area contributed by atoms with Crippen LogP contribution in [0.1, 0.15) is 0 Å². The maximum absolute atomic E-state index is 11.5. The summed E-state index contributed by atoms with van der Waals surface area (Å²) in [5.41, 5.74) is -0.574. The first-order chi connectivity index (χ1) is 7.63. The topological polar surface area (TPSA) is 75.1 Å². The number of rotatable bonds is 2. The van der Waals surface area contributed by atoms with Gasteiger partial charge in [0, 0.05) is 5.02 Å². The number of halogens is 1. The second-order valence-corrected chi connectivity index (χ2v) is 3.73. The van der Waals surface area contributed by atoms with Gasteiger partial charge in [0.05, 0.1) is 24.1 Å². The Kier molecular flexibility index (Phi) is 2.80. The summed E-state index contributed by atoms with van der Waals surface area (Å²) in [5, 5.41) is 9.66. The van der Waals surface area contributed by atoms with Gasteiger partial charge in [0.2, 0.25) is 0 Å². The molecule has 0 fully saturated rings. The minimum absolute atomic E-state index is 0.118. The number of hydrogen-bond acceptors (Lipinski definition) is 3. The summed E-state index contributed by atoms with van der Waals surface area (Å²) in [7, 11) is 0. The van der Waals surface area contributed by atoms with Crippen molar-refractivity contribution in [2.24, 2.45) is 0 Å². The molecule has 2 rings (SSSR count). The lowest BCUT2D eigenvalue weighted by atomic mass is 10.2. The fourth-order valence-corrected chi connectivity index (χ4v) is 1.75. The number of hydrogen-bond donors (Lipinski definition) is 2. The third-order valence-corrected chi connectivity index (χ3v) is 2.52. The molecule has 0 aliphatic heterocycles. The molecule has 0 bridgehead atoms. The fourth-order valence-electron chi connectivity index (χ4n) is 1.58. The van der Waals surface area contributed by atoms with Crippen LogP contribution in [0.4, 0.5) is 0 Å². The highest BCUT2D eigenvalue weighted by molar-refractivity contribution is 6.31. The second-order valence-electron chi connectivity index (χ2n) is 3.30. The quantitative estimate of drug-likeness (QED) is 0.795. The molecule has 1 aromatic carbocycles. The van der Waals surface area contributed by atoms with Gasteiger partial charge in [-0.3, -0.25) is 14.3 Å². The van der Waals surface area contributed by atoms with Crippen molar-refractivity contribution in [3.63, 3.8) is 0 Å². The lowest BCUT2D eigenvalue weighted by Gasteiger charge is -2.07. The SMILES string of the molecule is O=c1[nH]c(=O)n(CCO)c2cc(Cl)ccc12. The Bertz CT molecular complexity index is 645. The van der Waals surface area contributed by atoms with Crippen LogP contribution in [0.5, 0.6) is 0 Å². The number of benzene rings is 1. The Balaban J connectivity index is 2.92. The highest BCUT2D eigenvalue weighted by Gasteiger charge is 2.06. The largest absolute Gasteiger partial charge is 0.395 e. The minimum atomic E-state index is -0.547. The lowest BCUT2D eigenvalue weighted by molar-refractivity contribution is 0.275. The monoisotopic (exact) mass is 240 g/mol.